The number of amides is 1. The van der Waals surface area contributed by atoms with Crippen LogP contribution in [-0.4, -0.2) is 15.9 Å². The summed E-state index contributed by atoms with van der Waals surface area (Å²) >= 11 is 3.08. The van der Waals surface area contributed by atoms with Crippen LogP contribution < -0.4 is 10.1 Å². The van der Waals surface area contributed by atoms with Crippen molar-refractivity contribution < 1.29 is 9.53 Å². The van der Waals surface area contributed by atoms with Crippen LogP contribution in [-0.2, 0) is 11.4 Å². The maximum absolute atomic E-state index is 12.0. The molecule has 0 saturated heterocycles. The average molecular weight is 386 g/mol. The van der Waals surface area contributed by atoms with Crippen LogP contribution in [0.4, 0.5) is 5.13 Å². The minimum absolute atomic E-state index is 0.206. The summed E-state index contributed by atoms with van der Waals surface area (Å²) in [4.78, 5) is 21.8. The molecule has 3 aromatic rings. The summed E-state index contributed by atoms with van der Waals surface area (Å²) in [5, 5.41) is 6.41. The Morgan fingerprint density at radius 2 is 2.12 bits per heavy atom. The van der Waals surface area contributed by atoms with Crippen molar-refractivity contribution in [1.29, 1.82) is 0 Å². The van der Waals surface area contributed by atoms with Gasteiger partial charge in [-0.05, 0) is 44.5 Å². The van der Waals surface area contributed by atoms with E-state index in [1.165, 1.54) is 17.4 Å². The molecule has 0 bridgehead atoms. The first-order valence-corrected chi connectivity index (χ1v) is 9.76. The second-order valence-corrected chi connectivity index (χ2v) is 7.97. The average Bonchev–Trinajstić information content (AvgIpc) is 3.17. The van der Waals surface area contributed by atoms with E-state index >= 15 is 0 Å². The molecule has 5 nitrogen and oxygen atoms in total. The molecule has 0 atom stereocenters. The zero-order valence-electron chi connectivity index (χ0n) is 14.8. The molecule has 3 rings (SSSR count). The maximum atomic E-state index is 12.0. The lowest BCUT2D eigenvalue weighted by Gasteiger charge is -2.05. The molecule has 0 radical (unpaired) electrons. The van der Waals surface area contributed by atoms with Crippen LogP contribution in [0.1, 0.15) is 26.8 Å². The van der Waals surface area contributed by atoms with E-state index in [-0.39, 0.29) is 5.91 Å². The summed E-state index contributed by atoms with van der Waals surface area (Å²) in [6.07, 6.45) is 3.25. The molecular formula is C19H19N3O2S2. The van der Waals surface area contributed by atoms with Crippen molar-refractivity contribution in [2.24, 2.45) is 0 Å². The molecule has 0 aliphatic heterocycles. The third-order valence-electron chi connectivity index (χ3n) is 3.60. The molecule has 0 aliphatic carbocycles. The smallest absolute Gasteiger partial charge is 0.250 e. The first-order valence-electron chi connectivity index (χ1n) is 8.06. The van der Waals surface area contributed by atoms with Crippen molar-refractivity contribution in [3.8, 4) is 5.75 Å². The summed E-state index contributed by atoms with van der Waals surface area (Å²) in [6.45, 7) is 6.31. The van der Waals surface area contributed by atoms with E-state index in [0.717, 1.165) is 32.6 Å². The Kier molecular flexibility index (Phi) is 5.80. The zero-order chi connectivity index (χ0) is 18.5. The predicted molar refractivity (Wildman–Crippen MR) is 107 cm³/mol. The van der Waals surface area contributed by atoms with Gasteiger partial charge in [-0.2, -0.15) is 0 Å². The number of nitrogens with zero attached hydrogens (tertiary/aromatic N) is 2. The van der Waals surface area contributed by atoms with Gasteiger partial charge in [-0.3, -0.25) is 10.1 Å². The van der Waals surface area contributed by atoms with Gasteiger partial charge < -0.3 is 4.74 Å². The van der Waals surface area contributed by atoms with Crippen molar-refractivity contribution in [3.05, 3.63) is 62.6 Å². The molecule has 2 heterocycles. The highest BCUT2D eigenvalue weighted by Gasteiger charge is 2.05. The lowest BCUT2D eigenvalue weighted by Crippen LogP contribution is -2.07. The molecule has 134 valence electrons. The molecule has 0 unspecified atom stereocenters. The number of aromatic nitrogens is 2. The molecule has 0 aliphatic rings. The zero-order valence-corrected chi connectivity index (χ0v) is 16.4. The minimum atomic E-state index is -0.206. The highest BCUT2D eigenvalue weighted by atomic mass is 32.1. The lowest BCUT2D eigenvalue weighted by atomic mass is 10.2. The van der Waals surface area contributed by atoms with E-state index in [9.17, 15) is 4.79 Å². The number of aryl methyl sites for hydroxylation is 3. The molecule has 1 aromatic carbocycles. The number of nitrogens with one attached hydrogen (secondary N) is 1. The van der Waals surface area contributed by atoms with Crippen molar-refractivity contribution in [3.63, 3.8) is 0 Å². The van der Waals surface area contributed by atoms with Gasteiger partial charge in [0.15, 0.2) is 5.13 Å². The molecule has 0 spiro atoms. The number of rotatable bonds is 6. The van der Waals surface area contributed by atoms with Gasteiger partial charge in [0.2, 0.25) is 5.91 Å². The fourth-order valence-corrected chi connectivity index (χ4v) is 3.60. The van der Waals surface area contributed by atoms with E-state index in [0.29, 0.717) is 11.7 Å². The van der Waals surface area contributed by atoms with Gasteiger partial charge >= 0.3 is 0 Å². The van der Waals surface area contributed by atoms with Crippen LogP contribution in [0.2, 0.25) is 0 Å². The minimum Gasteiger partial charge on any atom is -0.487 e. The fourth-order valence-electron chi connectivity index (χ4n) is 2.18. The van der Waals surface area contributed by atoms with Crippen molar-refractivity contribution in [1.82, 2.24) is 9.97 Å². The Morgan fingerprint density at radius 1 is 1.27 bits per heavy atom. The van der Waals surface area contributed by atoms with Crippen molar-refractivity contribution >= 4 is 39.8 Å². The lowest BCUT2D eigenvalue weighted by molar-refractivity contribution is -0.111. The molecule has 26 heavy (non-hydrogen) atoms. The first-order chi connectivity index (χ1) is 12.5. The van der Waals surface area contributed by atoms with Crippen molar-refractivity contribution in [2.75, 3.05) is 5.32 Å². The summed E-state index contributed by atoms with van der Waals surface area (Å²) in [5.41, 5.74) is 2.75. The number of carbonyl (C=O) groups is 1. The Balaban J connectivity index is 1.58. The number of hydrogen-bond donors (Lipinski definition) is 1. The number of ether oxygens (including phenoxy) is 1. The monoisotopic (exact) mass is 385 g/mol. The van der Waals surface area contributed by atoms with E-state index in [1.54, 1.807) is 17.4 Å². The predicted octanol–water partition coefficient (Wildman–Crippen LogP) is 4.76. The van der Waals surface area contributed by atoms with Crippen LogP contribution in [0, 0.1) is 20.8 Å². The van der Waals surface area contributed by atoms with E-state index in [2.05, 4.69) is 15.3 Å². The van der Waals surface area contributed by atoms with Gasteiger partial charge in [-0.1, -0.05) is 12.1 Å². The van der Waals surface area contributed by atoms with E-state index < -0.39 is 0 Å². The number of thiazole rings is 2. The van der Waals surface area contributed by atoms with Gasteiger partial charge in [0.25, 0.3) is 0 Å². The summed E-state index contributed by atoms with van der Waals surface area (Å²) < 4.78 is 5.77. The Morgan fingerprint density at radius 3 is 2.81 bits per heavy atom. The summed E-state index contributed by atoms with van der Waals surface area (Å²) in [7, 11) is 0. The van der Waals surface area contributed by atoms with Crippen molar-refractivity contribution in [2.45, 2.75) is 27.4 Å². The summed E-state index contributed by atoms with van der Waals surface area (Å²) in [5.74, 6) is 0.535. The molecule has 7 heteroatoms. The number of carbonyl (C=O) groups excluding carboxylic acids is 1. The third-order valence-corrected chi connectivity index (χ3v) is 5.41. The first kappa shape index (κ1) is 18.3. The van der Waals surface area contributed by atoms with Gasteiger partial charge in [0, 0.05) is 16.3 Å². The summed E-state index contributed by atoms with van der Waals surface area (Å²) in [6, 6.07) is 7.59. The number of hydrogen-bond acceptors (Lipinski definition) is 6. The molecule has 1 amide bonds. The van der Waals surface area contributed by atoms with Crippen LogP contribution in [0.5, 0.6) is 5.75 Å². The van der Waals surface area contributed by atoms with Crippen LogP contribution >= 0.6 is 22.7 Å². The second-order valence-electron chi connectivity index (χ2n) is 5.70. The quantitative estimate of drug-likeness (QED) is 0.622. The highest BCUT2D eigenvalue weighted by Crippen LogP contribution is 2.21. The number of benzene rings is 1. The second kappa shape index (κ2) is 8.25. The van der Waals surface area contributed by atoms with Gasteiger partial charge in [-0.15, -0.1) is 22.7 Å². The van der Waals surface area contributed by atoms with Crippen LogP contribution in [0.25, 0.3) is 6.08 Å². The molecule has 1 N–H and O–H groups in total. The normalized spacial score (nSPS) is 11.0. The van der Waals surface area contributed by atoms with Gasteiger partial charge in [-0.25, -0.2) is 9.97 Å². The third kappa shape index (κ3) is 5.00. The van der Waals surface area contributed by atoms with Crippen LogP contribution in [0.15, 0.2) is 35.7 Å². The van der Waals surface area contributed by atoms with Gasteiger partial charge in [0.05, 0.1) is 16.4 Å². The molecule has 0 saturated carbocycles. The standard InChI is InChI=1S/C19H19N3O2S2/c1-12-13(2)26-19(20-12)22-18(23)8-7-15-5-4-6-17(9-15)24-10-16-11-25-14(3)21-16/h4-9,11H,10H2,1-3H3,(H,20,22,23)/b8-7+. The molecule has 2 aromatic heterocycles. The van der Waals surface area contributed by atoms with Crippen LogP contribution in [0.3, 0.4) is 0 Å². The fraction of sp³-hybridized carbons (Fsp3) is 0.211. The highest BCUT2D eigenvalue weighted by molar-refractivity contribution is 7.15. The van der Waals surface area contributed by atoms with E-state index in [1.807, 2.05) is 50.4 Å². The Hall–Kier alpha value is -2.51. The SMILES string of the molecule is Cc1nc(COc2cccc(/C=C/C(=O)Nc3nc(C)c(C)s3)c2)cs1. The van der Waals surface area contributed by atoms with Gasteiger partial charge in [0.1, 0.15) is 12.4 Å². The largest absolute Gasteiger partial charge is 0.487 e. The number of anilines is 1. The molecular weight excluding hydrogens is 366 g/mol. The van der Waals surface area contributed by atoms with E-state index in [4.69, 9.17) is 4.74 Å². The maximum Gasteiger partial charge on any atom is 0.250 e. The Bertz CT molecular complexity index is 924. The molecule has 0 fully saturated rings. The Labute approximate surface area is 160 Å². The topological polar surface area (TPSA) is 64.1 Å².